The second-order valence-electron chi connectivity index (χ2n) is 4.07. The van der Waals surface area contributed by atoms with E-state index in [1.54, 1.807) is 0 Å². The standard InChI is InChI=1S/C9H18BNO4PS/c1-5(13)7-2-6(4-15-17-16-10)9(11-7)8(14)3-12/h6-12,14,16H,2-4H2,1H3/t6-,7+,8?,9+,16?/m0/s1/i10T,16D. The zero-order valence-electron chi connectivity index (χ0n) is 11.6. The van der Waals surface area contributed by atoms with E-state index in [4.69, 9.17) is 11.9 Å². The third-order valence-electron chi connectivity index (χ3n) is 2.91. The van der Waals surface area contributed by atoms with Crippen LogP contribution in [-0.4, -0.2) is 57.5 Å². The number of aliphatic hydroxyl groups excluding tert-OH is 2. The molecule has 1 radical (unpaired) electrons. The number of ketones is 1. The largest absolute Gasteiger partial charge is 0.394 e. The van der Waals surface area contributed by atoms with Gasteiger partial charge in [0, 0.05) is 23.6 Å². The molecule has 0 aromatic heterocycles. The minimum atomic E-state index is -1.37. The first-order valence-electron chi connectivity index (χ1n) is 6.36. The number of Topliss-reactive ketones (excluding diaryl/α,β-unsaturated/α-hetero) is 1. The van der Waals surface area contributed by atoms with Crippen LogP contribution in [0.15, 0.2) is 0 Å². The lowest BCUT2D eigenvalue weighted by molar-refractivity contribution is -0.118. The summed E-state index contributed by atoms with van der Waals surface area (Å²) in [6.07, 6.45) is -0.402. The molecule has 1 aliphatic rings. The van der Waals surface area contributed by atoms with Gasteiger partial charge in [0.2, 0.25) is 0 Å². The molecule has 0 aromatic rings. The Morgan fingerprint density at radius 3 is 3.35 bits per heavy atom. The van der Waals surface area contributed by atoms with Crippen molar-refractivity contribution in [3.05, 3.63) is 0 Å². The van der Waals surface area contributed by atoms with Crippen LogP contribution in [-0.2, 0) is 8.98 Å². The van der Waals surface area contributed by atoms with Crippen LogP contribution in [0.25, 0.3) is 0 Å². The SMILES string of the molecule is [2H]P([B][3H])SOC[C@@H]1C[C@H](C(C)=O)N[C@H]1C(O)CO. The fourth-order valence-electron chi connectivity index (χ4n) is 2.03. The maximum absolute atomic E-state index is 11.4. The molecule has 0 bridgehead atoms. The molecule has 0 saturated carbocycles. The van der Waals surface area contributed by atoms with Gasteiger partial charge in [-0.3, -0.25) is 4.79 Å². The first-order chi connectivity index (χ1) is 8.99. The monoisotopic (exact) mass is 281 g/mol. The Balaban J connectivity index is 2.49. The summed E-state index contributed by atoms with van der Waals surface area (Å²) in [7, 11) is -0.349. The molecule has 2 unspecified atom stereocenters. The average Bonchev–Trinajstić information content (AvgIpc) is 2.82. The van der Waals surface area contributed by atoms with Gasteiger partial charge >= 0.3 is 0 Å². The van der Waals surface area contributed by atoms with Crippen molar-refractivity contribution in [1.29, 1.82) is 2.61 Å². The molecule has 1 aliphatic heterocycles. The predicted octanol–water partition coefficient (Wildman–Crippen LogP) is -0.651. The molecule has 8 heteroatoms. The lowest BCUT2D eigenvalue weighted by atomic mass is 9.96. The normalized spacial score (nSPS) is 33.7. The molecular weight excluding hydrogens is 260 g/mol. The maximum atomic E-state index is 11.4. The third-order valence-corrected chi connectivity index (χ3v) is 3.81. The number of nitrogens with one attached hydrogen (secondary N) is 1. The highest BCUT2D eigenvalue weighted by Crippen LogP contribution is 2.29. The van der Waals surface area contributed by atoms with Crippen molar-refractivity contribution in [2.45, 2.75) is 31.5 Å². The maximum Gasteiger partial charge on any atom is 0.146 e. The van der Waals surface area contributed by atoms with Gasteiger partial charge in [-0.05, 0) is 14.7 Å². The van der Waals surface area contributed by atoms with Crippen LogP contribution in [0.5, 0.6) is 0 Å². The molecule has 0 spiro atoms. The summed E-state index contributed by atoms with van der Waals surface area (Å²) in [4.78, 5) is 11.4. The zero-order valence-corrected chi connectivity index (χ0v) is 11.3. The Kier molecular flexibility index (Phi) is 5.62. The topological polar surface area (TPSA) is 78.8 Å². The van der Waals surface area contributed by atoms with E-state index in [-0.39, 0.29) is 31.0 Å². The van der Waals surface area contributed by atoms with E-state index in [2.05, 4.69) is 5.32 Å². The highest BCUT2D eigenvalue weighted by Gasteiger charge is 2.39. The minimum Gasteiger partial charge on any atom is -0.394 e. The van der Waals surface area contributed by atoms with Gasteiger partial charge in [-0.15, -0.1) is 0 Å². The molecule has 1 fully saturated rings. The first-order valence-corrected chi connectivity index (χ1v) is 7.65. The average molecular weight is 281 g/mol. The van der Waals surface area contributed by atoms with Crippen molar-refractivity contribution >= 4 is 32.6 Å². The number of hydrogen-bond acceptors (Lipinski definition) is 6. The van der Waals surface area contributed by atoms with Crippen LogP contribution >= 0.6 is 19.3 Å². The lowest BCUT2D eigenvalue weighted by Gasteiger charge is -2.23. The summed E-state index contributed by atoms with van der Waals surface area (Å²) in [6, 6.07) is -0.721. The van der Waals surface area contributed by atoms with Crippen molar-refractivity contribution in [3.63, 3.8) is 0 Å². The quantitative estimate of drug-likeness (QED) is 0.312. The molecule has 1 saturated heterocycles. The Labute approximate surface area is 111 Å². The summed E-state index contributed by atoms with van der Waals surface area (Å²) in [6.45, 7) is 1.38. The van der Waals surface area contributed by atoms with Gasteiger partial charge in [0.25, 0.3) is 0 Å². The molecule has 5 atom stereocenters. The van der Waals surface area contributed by atoms with Crippen molar-refractivity contribution in [2.75, 3.05) is 13.2 Å². The Morgan fingerprint density at radius 1 is 2.00 bits per heavy atom. The first kappa shape index (κ1) is 12.4. The molecule has 0 amide bonds. The molecule has 5 nitrogen and oxygen atoms in total. The summed E-state index contributed by atoms with van der Waals surface area (Å²) < 4.78 is 19.6. The summed E-state index contributed by atoms with van der Waals surface area (Å²) >= 11 is 0.926. The third kappa shape index (κ3) is 4.50. The molecule has 1 heterocycles. The summed E-state index contributed by atoms with van der Waals surface area (Å²) in [5.74, 6) is -0.106. The van der Waals surface area contributed by atoms with Gasteiger partial charge in [0.05, 0.1) is 26.6 Å². The number of carbonyl (C=O) groups is 1. The number of rotatable bonds is 8. The van der Waals surface area contributed by atoms with Crippen LogP contribution in [0, 0.1) is 5.92 Å². The van der Waals surface area contributed by atoms with E-state index in [0.29, 0.717) is 6.42 Å². The van der Waals surface area contributed by atoms with E-state index < -0.39 is 19.8 Å². The van der Waals surface area contributed by atoms with Gasteiger partial charge in [-0.2, -0.15) is 0 Å². The van der Waals surface area contributed by atoms with Crippen molar-refractivity contribution in [1.82, 2.24) is 5.32 Å². The molecule has 17 heavy (non-hydrogen) atoms. The van der Waals surface area contributed by atoms with Gasteiger partial charge in [-0.25, -0.2) is 0 Å². The highest BCUT2D eigenvalue weighted by atomic mass is 32.7. The van der Waals surface area contributed by atoms with Gasteiger partial charge < -0.3 is 19.7 Å². The Bertz CT molecular complexity index is 307. The van der Waals surface area contributed by atoms with Gasteiger partial charge in [0.1, 0.15) is 13.3 Å². The molecule has 1 rings (SSSR count). The second-order valence-corrected chi connectivity index (χ2v) is 5.74. The summed E-state index contributed by atoms with van der Waals surface area (Å²) in [5, 5.41) is 21.7. The fraction of sp³-hybridized carbons (Fsp3) is 0.889. The van der Waals surface area contributed by atoms with Gasteiger partial charge in [0.15, 0.2) is 0 Å². The predicted molar refractivity (Wildman–Crippen MR) is 71.6 cm³/mol. The Morgan fingerprint density at radius 2 is 2.76 bits per heavy atom. The lowest BCUT2D eigenvalue weighted by Crippen LogP contribution is -2.45. The zero-order chi connectivity index (χ0) is 14.4. The van der Waals surface area contributed by atoms with Crippen molar-refractivity contribution < 1.29 is 19.2 Å². The summed E-state index contributed by atoms with van der Waals surface area (Å²) in [5.41, 5.74) is 0. The van der Waals surface area contributed by atoms with Crippen LogP contribution in [0.4, 0.5) is 0 Å². The highest BCUT2D eigenvalue weighted by molar-refractivity contribution is 8.53. The van der Waals surface area contributed by atoms with E-state index >= 15 is 0 Å². The molecular formula is C9H18BNO4PS. The Hall–Kier alpha value is 0.355. The van der Waals surface area contributed by atoms with E-state index in [9.17, 15) is 9.90 Å². The van der Waals surface area contributed by atoms with Crippen LogP contribution < -0.4 is 5.32 Å². The molecule has 3 N–H and O–H groups in total. The van der Waals surface area contributed by atoms with Crippen LogP contribution in [0.2, 0.25) is 0 Å². The second kappa shape index (κ2) is 7.72. The van der Waals surface area contributed by atoms with E-state index in [1.807, 2.05) is 0 Å². The van der Waals surface area contributed by atoms with Crippen molar-refractivity contribution in [3.8, 4) is 0 Å². The van der Waals surface area contributed by atoms with Gasteiger partial charge in [-0.1, -0.05) is 7.61 Å². The smallest absolute Gasteiger partial charge is 0.146 e. The number of aliphatic hydroxyl groups is 2. The molecule has 97 valence electrons. The van der Waals surface area contributed by atoms with E-state index in [1.165, 1.54) is 6.92 Å². The molecule has 0 aliphatic carbocycles. The molecule has 0 aromatic carbocycles. The van der Waals surface area contributed by atoms with E-state index in [0.717, 1.165) is 19.2 Å². The fourth-order valence-corrected chi connectivity index (χ4v) is 2.69. The van der Waals surface area contributed by atoms with Crippen LogP contribution in [0.3, 0.4) is 0 Å². The van der Waals surface area contributed by atoms with Crippen LogP contribution in [0.1, 0.15) is 13.3 Å². The minimum absolute atomic E-state index is 0.00692. The number of carbonyl (C=O) groups excluding carboxylic acids is 1. The number of hydrogen-bond donors (Lipinski definition) is 3. The van der Waals surface area contributed by atoms with Crippen molar-refractivity contribution in [2.24, 2.45) is 5.92 Å².